The molecule has 5 nitrogen and oxygen atoms in total. The zero-order valence-electron chi connectivity index (χ0n) is 16.0. The highest BCUT2D eigenvalue weighted by molar-refractivity contribution is 6.06. The smallest absolute Gasteiger partial charge is 0.235 e. The van der Waals surface area contributed by atoms with E-state index in [-0.39, 0.29) is 30.4 Å². The Bertz CT molecular complexity index is 685. The maximum atomic E-state index is 12.7. The maximum absolute atomic E-state index is 12.7. The van der Waals surface area contributed by atoms with E-state index in [1.165, 1.54) is 4.90 Å². The highest BCUT2D eigenvalue weighted by Crippen LogP contribution is 2.46. The van der Waals surface area contributed by atoms with Gasteiger partial charge in [0, 0.05) is 6.42 Å². The van der Waals surface area contributed by atoms with Gasteiger partial charge in [0.15, 0.2) is 0 Å². The van der Waals surface area contributed by atoms with Crippen LogP contribution in [-0.2, 0) is 15.0 Å². The van der Waals surface area contributed by atoms with Crippen LogP contribution in [0.4, 0.5) is 0 Å². The number of rotatable bonds is 5. The summed E-state index contributed by atoms with van der Waals surface area (Å²) in [4.78, 5) is 26.2. The molecule has 0 bridgehead atoms. The van der Waals surface area contributed by atoms with Crippen molar-refractivity contribution in [1.82, 2.24) is 4.90 Å². The van der Waals surface area contributed by atoms with Gasteiger partial charge in [0.1, 0.15) is 18.5 Å². The van der Waals surface area contributed by atoms with Gasteiger partial charge in [-0.3, -0.25) is 14.5 Å². The van der Waals surface area contributed by atoms with Crippen LogP contribution in [0.5, 0.6) is 5.75 Å². The summed E-state index contributed by atoms with van der Waals surface area (Å²) in [5, 5.41) is 10.4. The van der Waals surface area contributed by atoms with E-state index >= 15 is 0 Å². The zero-order valence-corrected chi connectivity index (χ0v) is 16.0. The number of hydrogen-bond donors (Lipinski definition) is 1. The van der Waals surface area contributed by atoms with Gasteiger partial charge in [0.2, 0.25) is 11.8 Å². The van der Waals surface area contributed by atoms with E-state index in [2.05, 4.69) is 20.8 Å². The minimum absolute atomic E-state index is 0.0110. The average molecular weight is 359 g/mol. The number of carbonyl (C=O) groups excluding carboxylic acids is 2. The normalized spacial score (nSPS) is 20.8. The number of aliphatic hydroxyl groups is 1. The largest absolute Gasteiger partial charge is 0.491 e. The van der Waals surface area contributed by atoms with Crippen molar-refractivity contribution in [1.29, 1.82) is 0 Å². The lowest BCUT2D eigenvalue weighted by atomic mass is 9.84. The summed E-state index contributed by atoms with van der Waals surface area (Å²) in [6, 6.07) is 7.76. The second kappa shape index (κ2) is 7.03. The third kappa shape index (κ3) is 3.63. The van der Waals surface area contributed by atoms with Crippen LogP contribution < -0.4 is 4.74 Å². The standard InChI is InChI=1S/C21H29NO4/c1-20(2,3)16-8-4-5-9-17(16)26-14-15(23)13-22-18(24)12-21(19(22)25)10-6-7-11-21/h4-5,8-9,15,23H,6-7,10-14H2,1-3H3. The van der Waals surface area contributed by atoms with E-state index in [0.29, 0.717) is 6.42 Å². The molecule has 1 aliphatic heterocycles. The van der Waals surface area contributed by atoms with E-state index in [1.807, 2.05) is 24.3 Å². The molecule has 1 saturated heterocycles. The molecule has 1 atom stereocenters. The van der Waals surface area contributed by atoms with Gasteiger partial charge in [-0.15, -0.1) is 0 Å². The molecule has 1 N–H and O–H groups in total. The Hall–Kier alpha value is -1.88. The molecular formula is C21H29NO4. The first-order valence-corrected chi connectivity index (χ1v) is 9.48. The van der Waals surface area contributed by atoms with Gasteiger partial charge < -0.3 is 9.84 Å². The fraction of sp³-hybridized carbons (Fsp3) is 0.619. The molecule has 142 valence electrons. The molecule has 26 heavy (non-hydrogen) atoms. The molecule has 2 amide bonds. The molecule has 1 spiro atoms. The third-order valence-corrected chi connectivity index (χ3v) is 5.57. The van der Waals surface area contributed by atoms with E-state index in [0.717, 1.165) is 37.0 Å². The van der Waals surface area contributed by atoms with Gasteiger partial charge in [-0.25, -0.2) is 0 Å². The number of aliphatic hydroxyl groups excluding tert-OH is 1. The van der Waals surface area contributed by atoms with Crippen molar-refractivity contribution in [3.63, 3.8) is 0 Å². The van der Waals surface area contributed by atoms with Crippen LogP contribution in [0.25, 0.3) is 0 Å². The molecule has 1 unspecified atom stereocenters. The van der Waals surface area contributed by atoms with Gasteiger partial charge in [-0.1, -0.05) is 51.8 Å². The Morgan fingerprint density at radius 3 is 2.50 bits per heavy atom. The minimum atomic E-state index is -0.896. The SMILES string of the molecule is CC(C)(C)c1ccccc1OCC(O)CN1C(=O)CC2(CCCC2)C1=O. The van der Waals surface area contributed by atoms with E-state index < -0.39 is 11.5 Å². The van der Waals surface area contributed by atoms with Crippen LogP contribution in [0.2, 0.25) is 0 Å². The lowest BCUT2D eigenvalue weighted by molar-refractivity contribution is -0.143. The quantitative estimate of drug-likeness (QED) is 0.821. The number of benzene rings is 1. The molecule has 1 aromatic carbocycles. The molecule has 2 aliphatic rings. The Morgan fingerprint density at radius 2 is 1.85 bits per heavy atom. The third-order valence-electron chi connectivity index (χ3n) is 5.57. The number of β-amino-alcohol motifs (C(OH)–C–C–N with tert-alkyl or cyclic N) is 1. The van der Waals surface area contributed by atoms with Crippen molar-refractivity contribution in [3.8, 4) is 5.75 Å². The van der Waals surface area contributed by atoms with Crippen molar-refractivity contribution >= 4 is 11.8 Å². The van der Waals surface area contributed by atoms with Gasteiger partial charge in [-0.2, -0.15) is 0 Å². The molecule has 0 aromatic heterocycles. The Balaban J connectivity index is 1.61. The second-order valence-corrected chi connectivity index (χ2v) is 8.68. The maximum Gasteiger partial charge on any atom is 0.235 e. The van der Waals surface area contributed by atoms with E-state index in [1.54, 1.807) is 0 Å². The lowest BCUT2D eigenvalue weighted by Crippen LogP contribution is -2.41. The van der Waals surface area contributed by atoms with Gasteiger partial charge in [0.25, 0.3) is 0 Å². The van der Waals surface area contributed by atoms with Crippen molar-refractivity contribution in [2.24, 2.45) is 5.41 Å². The minimum Gasteiger partial charge on any atom is -0.491 e. The number of ether oxygens (including phenoxy) is 1. The lowest BCUT2D eigenvalue weighted by Gasteiger charge is -2.25. The van der Waals surface area contributed by atoms with Gasteiger partial charge >= 0.3 is 0 Å². The number of hydrogen-bond acceptors (Lipinski definition) is 4. The van der Waals surface area contributed by atoms with Crippen LogP contribution in [0, 0.1) is 5.41 Å². The Labute approximate surface area is 155 Å². The molecule has 1 saturated carbocycles. The van der Waals surface area contributed by atoms with Crippen LogP contribution in [0.3, 0.4) is 0 Å². The fourth-order valence-electron chi connectivity index (χ4n) is 4.15. The highest BCUT2D eigenvalue weighted by atomic mass is 16.5. The molecule has 2 fully saturated rings. The molecule has 1 heterocycles. The van der Waals surface area contributed by atoms with E-state index in [9.17, 15) is 14.7 Å². The molecular weight excluding hydrogens is 330 g/mol. The molecule has 1 aromatic rings. The predicted molar refractivity (Wildman–Crippen MR) is 98.9 cm³/mol. The van der Waals surface area contributed by atoms with E-state index in [4.69, 9.17) is 4.74 Å². The number of amides is 2. The first-order valence-electron chi connectivity index (χ1n) is 9.48. The second-order valence-electron chi connectivity index (χ2n) is 8.68. The van der Waals surface area contributed by atoms with Crippen LogP contribution in [-0.4, -0.2) is 41.1 Å². The molecule has 1 aliphatic carbocycles. The first kappa shape index (κ1) is 18.9. The Kier molecular flexibility index (Phi) is 5.11. The summed E-state index contributed by atoms with van der Waals surface area (Å²) < 4.78 is 5.82. The van der Waals surface area contributed by atoms with Crippen molar-refractivity contribution in [2.75, 3.05) is 13.2 Å². The first-order chi connectivity index (χ1) is 12.2. The average Bonchev–Trinajstić information content (AvgIpc) is 3.13. The topological polar surface area (TPSA) is 66.8 Å². The van der Waals surface area contributed by atoms with Crippen LogP contribution >= 0.6 is 0 Å². The number of carbonyl (C=O) groups is 2. The number of nitrogens with zero attached hydrogens (tertiary/aromatic N) is 1. The van der Waals surface area contributed by atoms with Crippen molar-refractivity contribution in [2.45, 2.75) is 64.4 Å². The van der Waals surface area contributed by atoms with Crippen LogP contribution in [0.1, 0.15) is 58.4 Å². The number of likely N-dealkylation sites (tertiary alicyclic amines) is 1. The highest BCUT2D eigenvalue weighted by Gasteiger charge is 2.52. The summed E-state index contributed by atoms with van der Waals surface area (Å²) in [6.45, 7) is 6.38. The summed E-state index contributed by atoms with van der Waals surface area (Å²) in [6.07, 6.45) is 2.99. The monoisotopic (exact) mass is 359 g/mol. The zero-order chi connectivity index (χ0) is 18.9. The number of para-hydroxylation sites is 1. The van der Waals surface area contributed by atoms with Crippen LogP contribution in [0.15, 0.2) is 24.3 Å². The fourth-order valence-corrected chi connectivity index (χ4v) is 4.15. The summed E-state index contributed by atoms with van der Waals surface area (Å²) in [7, 11) is 0. The summed E-state index contributed by atoms with van der Waals surface area (Å²) in [5.41, 5.74) is 0.499. The predicted octanol–water partition coefficient (Wildman–Crippen LogP) is 3.04. The molecule has 3 rings (SSSR count). The van der Waals surface area contributed by atoms with Crippen molar-refractivity contribution < 1.29 is 19.4 Å². The summed E-state index contributed by atoms with van der Waals surface area (Å²) in [5.74, 6) is 0.463. The van der Waals surface area contributed by atoms with Crippen molar-refractivity contribution in [3.05, 3.63) is 29.8 Å². The van der Waals surface area contributed by atoms with Gasteiger partial charge in [0.05, 0.1) is 12.0 Å². The summed E-state index contributed by atoms with van der Waals surface area (Å²) >= 11 is 0. The molecule has 0 radical (unpaired) electrons. The molecule has 5 heteroatoms. The number of imide groups is 1. The van der Waals surface area contributed by atoms with Gasteiger partial charge in [-0.05, 0) is 29.9 Å². The Morgan fingerprint density at radius 1 is 1.19 bits per heavy atom.